The van der Waals surface area contributed by atoms with Crippen LogP contribution in [0, 0.1) is 0 Å². The van der Waals surface area contributed by atoms with E-state index < -0.39 is 8.07 Å². The topological polar surface area (TPSA) is 0 Å². The Balaban J connectivity index is 2.99. The molecule has 0 aromatic rings. The van der Waals surface area contributed by atoms with Crippen LogP contribution >= 0.6 is 0 Å². The van der Waals surface area contributed by atoms with Gasteiger partial charge in [-0.05, 0) is 0 Å². The maximum Gasteiger partial charge on any atom is 0.0442 e. The molecule has 0 unspecified atom stereocenters. The lowest BCUT2D eigenvalue weighted by Gasteiger charge is -2.14. The lowest BCUT2D eigenvalue weighted by molar-refractivity contribution is 0.538. The molecule has 0 aromatic carbocycles. The molecule has 0 atom stereocenters. The van der Waals surface area contributed by atoms with E-state index in [9.17, 15) is 0 Å². The Morgan fingerprint density at radius 3 is 1.05 bits per heavy atom. The quantitative estimate of drug-likeness (QED) is 0.214. The zero-order chi connectivity index (χ0) is 15.1. The van der Waals surface area contributed by atoms with Gasteiger partial charge in [0, 0.05) is 8.07 Å². The maximum atomic E-state index is 2.50. The molecule has 0 saturated carbocycles. The van der Waals surface area contributed by atoms with Crippen molar-refractivity contribution in [2.24, 2.45) is 0 Å². The van der Waals surface area contributed by atoms with E-state index in [4.69, 9.17) is 0 Å². The van der Waals surface area contributed by atoms with E-state index >= 15 is 0 Å². The third-order valence-electron chi connectivity index (χ3n) is 4.28. The molecule has 1 heteroatoms. The van der Waals surface area contributed by atoms with Crippen LogP contribution < -0.4 is 0 Å². The first-order valence-electron chi connectivity index (χ1n) is 9.56. The third-order valence-corrected chi connectivity index (χ3v) is 6.13. The van der Waals surface area contributed by atoms with Crippen molar-refractivity contribution >= 4 is 8.07 Å². The molecule has 0 aliphatic rings. The maximum absolute atomic E-state index is 2.50. The van der Waals surface area contributed by atoms with Crippen molar-refractivity contribution in [2.75, 3.05) is 0 Å². The lowest BCUT2D eigenvalue weighted by atomic mass is 10.0. The largest absolute Gasteiger partial charge is 0.0695 e. The van der Waals surface area contributed by atoms with Crippen molar-refractivity contribution in [1.82, 2.24) is 0 Å². The standard InChI is InChI=1S/C19H42Si/c1-5-6-7-8-9-10-11-12-13-14-15-16-17-18-19-20(2,3)4/h5-19H2,1-4H3. The fraction of sp³-hybridized carbons (Fsp3) is 1.00. The van der Waals surface area contributed by atoms with E-state index in [0.717, 1.165) is 0 Å². The summed E-state index contributed by atoms with van der Waals surface area (Å²) in [6, 6.07) is 1.53. The molecule has 0 saturated heterocycles. The Bertz CT molecular complexity index is 181. The normalized spacial score (nSPS) is 12.0. The van der Waals surface area contributed by atoms with Gasteiger partial charge in [0.1, 0.15) is 0 Å². The van der Waals surface area contributed by atoms with E-state index in [-0.39, 0.29) is 0 Å². The first-order chi connectivity index (χ1) is 9.56. The number of hydrogen-bond acceptors (Lipinski definition) is 0. The Morgan fingerprint density at radius 1 is 0.450 bits per heavy atom. The van der Waals surface area contributed by atoms with Gasteiger partial charge in [0.05, 0.1) is 0 Å². The van der Waals surface area contributed by atoms with Gasteiger partial charge in [-0.25, -0.2) is 0 Å². The van der Waals surface area contributed by atoms with Gasteiger partial charge in [0.2, 0.25) is 0 Å². The van der Waals surface area contributed by atoms with Crippen molar-refractivity contribution in [1.29, 1.82) is 0 Å². The first kappa shape index (κ1) is 20.2. The fourth-order valence-corrected chi connectivity index (χ4v) is 4.16. The predicted octanol–water partition coefficient (Wildman–Crippen LogP) is 7.81. The Kier molecular flexibility index (Phi) is 14.3. The van der Waals surface area contributed by atoms with Gasteiger partial charge in [-0.15, -0.1) is 0 Å². The molecule has 0 bridgehead atoms. The van der Waals surface area contributed by atoms with Crippen molar-refractivity contribution in [3.8, 4) is 0 Å². The molecule has 0 amide bonds. The Labute approximate surface area is 131 Å². The first-order valence-corrected chi connectivity index (χ1v) is 13.3. The van der Waals surface area contributed by atoms with Crippen LogP contribution in [0.4, 0.5) is 0 Å². The zero-order valence-electron chi connectivity index (χ0n) is 15.1. The summed E-state index contributed by atoms with van der Waals surface area (Å²) in [5.74, 6) is 0. The van der Waals surface area contributed by atoms with Gasteiger partial charge in [0.25, 0.3) is 0 Å². The number of unbranched alkanes of at least 4 members (excludes halogenated alkanes) is 13. The molecule has 0 fully saturated rings. The van der Waals surface area contributed by atoms with Gasteiger partial charge in [-0.3, -0.25) is 0 Å². The van der Waals surface area contributed by atoms with Gasteiger partial charge < -0.3 is 0 Å². The molecule has 122 valence electrons. The average Bonchev–Trinajstić information content (AvgIpc) is 2.38. The van der Waals surface area contributed by atoms with Crippen molar-refractivity contribution in [3.05, 3.63) is 0 Å². The van der Waals surface area contributed by atoms with E-state index in [1.54, 1.807) is 0 Å². The van der Waals surface area contributed by atoms with Gasteiger partial charge in [0.15, 0.2) is 0 Å². The summed E-state index contributed by atoms with van der Waals surface area (Å²) in [6.07, 6.45) is 20.6. The summed E-state index contributed by atoms with van der Waals surface area (Å²) in [4.78, 5) is 0. The minimum absolute atomic E-state index is 0.760. The molecule has 0 aromatic heterocycles. The second-order valence-corrected chi connectivity index (χ2v) is 13.5. The van der Waals surface area contributed by atoms with E-state index in [1.807, 2.05) is 0 Å². The third kappa shape index (κ3) is 18.2. The molecule has 0 aliphatic carbocycles. The second-order valence-electron chi connectivity index (χ2n) is 7.91. The van der Waals surface area contributed by atoms with E-state index in [1.165, 1.54) is 95.9 Å². The van der Waals surface area contributed by atoms with Crippen LogP contribution in [0.3, 0.4) is 0 Å². The van der Waals surface area contributed by atoms with E-state index in [0.29, 0.717) is 0 Å². The van der Waals surface area contributed by atoms with Crippen LogP contribution in [0.1, 0.15) is 96.8 Å². The Hall–Kier alpha value is 0.217. The average molecular weight is 299 g/mol. The molecule has 0 heterocycles. The van der Waals surface area contributed by atoms with Gasteiger partial charge >= 0.3 is 0 Å². The molecule has 0 rings (SSSR count). The highest BCUT2D eigenvalue weighted by Crippen LogP contribution is 2.16. The smallest absolute Gasteiger partial charge is 0.0442 e. The predicted molar refractivity (Wildman–Crippen MR) is 98.5 cm³/mol. The van der Waals surface area contributed by atoms with Crippen LogP contribution in [0.2, 0.25) is 25.7 Å². The number of rotatable bonds is 15. The molecular formula is C19H42Si. The number of hydrogen-bond donors (Lipinski definition) is 0. The molecule has 0 spiro atoms. The minimum atomic E-state index is -0.760. The SMILES string of the molecule is CCCCCCCCCCCCCCCC[Si](C)(C)C. The van der Waals surface area contributed by atoms with Crippen LogP contribution in [0.5, 0.6) is 0 Å². The molecule has 0 radical (unpaired) electrons. The van der Waals surface area contributed by atoms with Crippen LogP contribution in [0.15, 0.2) is 0 Å². The lowest BCUT2D eigenvalue weighted by Crippen LogP contribution is -2.18. The van der Waals surface area contributed by atoms with Crippen LogP contribution in [-0.4, -0.2) is 8.07 Å². The highest BCUT2D eigenvalue weighted by molar-refractivity contribution is 6.76. The monoisotopic (exact) mass is 298 g/mol. The summed E-state index contributed by atoms with van der Waals surface area (Å²) >= 11 is 0. The second kappa shape index (κ2) is 14.2. The zero-order valence-corrected chi connectivity index (χ0v) is 16.1. The molecule has 20 heavy (non-hydrogen) atoms. The molecule has 0 aliphatic heterocycles. The van der Waals surface area contributed by atoms with E-state index in [2.05, 4.69) is 26.6 Å². The van der Waals surface area contributed by atoms with Gasteiger partial charge in [-0.1, -0.05) is 123 Å². The fourth-order valence-electron chi connectivity index (χ4n) is 2.85. The van der Waals surface area contributed by atoms with Crippen molar-refractivity contribution in [2.45, 2.75) is 123 Å². The van der Waals surface area contributed by atoms with Crippen molar-refractivity contribution in [3.63, 3.8) is 0 Å². The molecule has 0 nitrogen and oxygen atoms in total. The van der Waals surface area contributed by atoms with Crippen molar-refractivity contribution < 1.29 is 0 Å². The molecule has 0 N–H and O–H groups in total. The summed E-state index contributed by atoms with van der Waals surface area (Å²) in [7, 11) is -0.760. The Morgan fingerprint density at radius 2 is 0.750 bits per heavy atom. The highest BCUT2D eigenvalue weighted by atomic mass is 28.3. The summed E-state index contributed by atoms with van der Waals surface area (Å²) in [5, 5.41) is 0. The minimum Gasteiger partial charge on any atom is -0.0695 e. The van der Waals surface area contributed by atoms with Crippen LogP contribution in [0.25, 0.3) is 0 Å². The summed E-state index contributed by atoms with van der Waals surface area (Å²) < 4.78 is 0. The molecular weight excluding hydrogens is 256 g/mol. The summed E-state index contributed by atoms with van der Waals surface area (Å²) in [5.41, 5.74) is 0. The van der Waals surface area contributed by atoms with Crippen LogP contribution in [-0.2, 0) is 0 Å². The highest BCUT2D eigenvalue weighted by Gasteiger charge is 2.11. The summed E-state index contributed by atoms with van der Waals surface area (Å²) in [6.45, 7) is 9.78. The van der Waals surface area contributed by atoms with Gasteiger partial charge in [-0.2, -0.15) is 0 Å².